The molecule has 4 nitrogen and oxygen atoms in total. The van der Waals surface area contributed by atoms with E-state index in [1.807, 2.05) is 6.92 Å². The summed E-state index contributed by atoms with van der Waals surface area (Å²) in [5.41, 5.74) is 2.38. The van der Waals surface area contributed by atoms with Crippen molar-refractivity contribution in [3.63, 3.8) is 0 Å². The van der Waals surface area contributed by atoms with E-state index in [-0.39, 0.29) is 11.5 Å². The molecule has 3 aromatic rings. The topological polar surface area (TPSA) is 58.3 Å². The highest BCUT2D eigenvalue weighted by Gasteiger charge is 2.07. The largest absolute Gasteiger partial charge is 0.508 e. The minimum absolute atomic E-state index is 0.180. The van der Waals surface area contributed by atoms with Crippen molar-refractivity contribution >= 4 is 23.1 Å². The maximum Gasteiger partial charge on any atom is 0.121 e. The number of hydrogen-bond donors (Lipinski definition) is 2. The normalized spacial score (nSPS) is 10.8. The molecule has 0 aliphatic heterocycles. The van der Waals surface area contributed by atoms with E-state index in [2.05, 4.69) is 4.98 Å². The van der Waals surface area contributed by atoms with Gasteiger partial charge in [-0.1, -0.05) is 12.2 Å². The van der Waals surface area contributed by atoms with Crippen molar-refractivity contribution in [2.45, 2.75) is 6.92 Å². The van der Waals surface area contributed by atoms with Gasteiger partial charge in [-0.25, -0.2) is 4.98 Å². The second kappa shape index (κ2) is 4.61. The summed E-state index contributed by atoms with van der Waals surface area (Å²) in [6.45, 7) is 1.89. The van der Waals surface area contributed by atoms with Crippen LogP contribution in [0.5, 0.6) is 11.5 Å². The van der Waals surface area contributed by atoms with Crippen molar-refractivity contribution in [1.82, 2.24) is 9.55 Å². The molecule has 0 aliphatic carbocycles. The van der Waals surface area contributed by atoms with Gasteiger partial charge in [-0.15, -0.1) is 0 Å². The summed E-state index contributed by atoms with van der Waals surface area (Å²) in [7, 11) is 0. The molecule has 0 saturated carbocycles. The maximum absolute atomic E-state index is 9.61. The summed E-state index contributed by atoms with van der Waals surface area (Å²) >= 11 is 5.52. The Morgan fingerprint density at radius 3 is 2.45 bits per heavy atom. The summed E-state index contributed by atoms with van der Waals surface area (Å²) in [4.78, 5) is 4.34. The van der Waals surface area contributed by atoms with Crippen molar-refractivity contribution in [3.8, 4) is 17.2 Å². The van der Waals surface area contributed by atoms with Crippen LogP contribution in [-0.4, -0.2) is 19.8 Å². The lowest BCUT2D eigenvalue weighted by atomic mass is 10.1. The highest BCUT2D eigenvalue weighted by molar-refractivity contribution is 7.71. The number of fused-ring (bicyclic) bond motifs is 1. The molecule has 5 heteroatoms. The zero-order valence-electron chi connectivity index (χ0n) is 10.7. The third kappa shape index (κ3) is 2.02. The van der Waals surface area contributed by atoms with Crippen molar-refractivity contribution in [1.29, 1.82) is 0 Å². The van der Waals surface area contributed by atoms with Gasteiger partial charge >= 0.3 is 0 Å². The molecular weight excluding hydrogens is 272 g/mol. The van der Waals surface area contributed by atoms with Crippen molar-refractivity contribution in [3.05, 3.63) is 52.9 Å². The first-order valence-corrected chi connectivity index (χ1v) is 6.47. The molecule has 0 amide bonds. The molecule has 0 atom stereocenters. The lowest BCUT2D eigenvalue weighted by molar-refractivity contribution is 0.474. The van der Waals surface area contributed by atoms with Crippen molar-refractivity contribution < 1.29 is 10.2 Å². The highest BCUT2D eigenvalue weighted by atomic mass is 32.1. The van der Waals surface area contributed by atoms with Gasteiger partial charge in [-0.05, 0) is 42.8 Å². The standard InChI is InChI=1S/C15H12N2O2S/c1-9-6-12(19)7-13-14(9)15(20)17(8-16-13)10-2-4-11(18)5-3-10/h2-8,18-19H,1H3. The van der Waals surface area contributed by atoms with Gasteiger partial charge in [0.2, 0.25) is 0 Å². The molecule has 20 heavy (non-hydrogen) atoms. The Labute approximate surface area is 120 Å². The lowest BCUT2D eigenvalue weighted by Gasteiger charge is -2.10. The molecular formula is C15H12N2O2S. The van der Waals surface area contributed by atoms with Gasteiger partial charge in [0.05, 0.1) is 5.52 Å². The van der Waals surface area contributed by atoms with Crippen LogP contribution in [0, 0.1) is 11.6 Å². The summed E-state index contributed by atoms with van der Waals surface area (Å²) in [5, 5.41) is 19.8. The van der Waals surface area contributed by atoms with Crippen molar-refractivity contribution in [2.75, 3.05) is 0 Å². The molecule has 0 bridgehead atoms. The van der Waals surface area contributed by atoms with Gasteiger partial charge in [0.15, 0.2) is 0 Å². The van der Waals surface area contributed by atoms with Gasteiger partial charge in [-0.2, -0.15) is 0 Å². The monoisotopic (exact) mass is 284 g/mol. The van der Waals surface area contributed by atoms with E-state index in [1.165, 1.54) is 0 Å². The summed E-state index contributed by atoms with van der Waals surface area (Å²) in [6.07, 6.45) is 1.62. The molecule has 1 heterocycles. The van der Waals surface area contributed by atoms with Gasteiger partial charge < -0.3 is 10.2 Å². The van der Waals surface area contributed by atoms with Gasteiger partial charge in [0.1, 0.15) is 22.5 Å². The summed E-state index contributed by atoms with van der Waals surface area (Å²) < 4.78 is 2.40. The van der Waals surface area contributed by atoms with Gasteiger partial charge in [-0.3, -0.25) is 4.57 Å². The second-order valence-electron chi connectivity index (χ2n) is 4.59. The minimum Gasteiger partial charge on any atom is -0.508 e. The third-order valence-corrected chi connectivity index (χ3v) is 3.57. The van der Waals surface area contributed by atoms with E-state index in [0.717, 1.165) is 16.6 Å². The molecule has 0 spiro atoms. The van der Waals surface area contributed by atoms with E-state index in [1.54, 1.807) is 47.3 Å². The number of phenols is 2. The summed E-state index contributed by atoms with van der Waals surface area (Å²) in [6, 6.07) is 10.0. The van der Waals surface area contributed by atoms with Crippen LogP contribution in [0.3, 0.4) is 0 Å². The minimum atomic E-state index is 0.180. The number of benzene rings is 2. The molecule has 100 valence electrons. The Morgan fingerprint density at radius 1 is 1.05 bits per heavy atom. The van der Waals surface area contributed by atoms with E-state index in [9.17, 15) is 10.2 Å². The zero-order valence-corrected chi connectivity index (χ0v) is 11.6. The first-order chi connectivity index (χ1) is 9.56. The number of aryl methyl sites for hydroxylation is 1. The number of phenolic OH excluding ortho intramolecular Hbond substituents is 2. The van der Waals surface area contributed by atoms with Crippen LogP contribution >= 0.6 is 12.2 Å². The third-order valence-electron chi connectivity index (χ3n) is 3.17. The maximum atomic E-state index is 9.61. The second-order valence-corrected chi connectivity index (χ2v) is 4.98. The quantitative estimate of drug-likeness (QED) is 0.672. The van der Waals surface area contributed by atoms with Crippen molar-refractivity contribution in [2.24, 2.45) is 0 Å². The van der Waals surface area contributed by atoms with Gasteiger partial charge in [0, 0.05) is 17.1 Å². The first-order valence-electron chi connectivity index (χ1n) is 6.06. The van der Waals surface area contributed by atoms with Gasteiger partial charge in [0.25, 0.3) is 0 Å². The van der Waals surface area contributed by atoms with Crippen LogP contribution in [-0.2, 0) is 0 Å². The molecule has 0 radical (unpaired) electrons. The Balaban J connectivity index is 2.31. The van der Waals surface area contributed by atoms with Crippen LogP contribution in [0.2, 0.25) is 0 Å². The Morgan fingerprint density at radius 2 is 1.75 bits per heavy atom. The van der Waals surface area contributed by atoms with E-state index in [0.29, 0.717) is 10.2 Å². The molecule has 0 fully saturated rings. The number of rotatable bonds is 1. The van der Waals surface area contributed by atoms with E-state index in [4.69, 9.17) is 12.2 Å². The average molecular weight is 284 g/mol. The van der Waals surface area contributed by atoms with Crippen LogP contribution < -0.4 is 0 Å². The molecule has 3 rings (SSSR count). The molecule has 0 aliphatic rings. The number of aromatic hydroxyl groups is 2. The summed E-state index contributed by atoms with van der Waals surface area (Å²) in [5.74, 6) is 0.384. The van der Waals surface area contributed by atoms with E-state index < -0.39 is 0 Å². The van der Waals surface area contributed by atoms with Crippen LogP contribution in [0.1, 0.15) is 5.56 Å². The fourth-order valence-corrected chi connectivity index (χ4v) is 2.64. The Bertz CT molecular complexity index is 854. The smallest absolute Gasteiger partial charge is 0.121 e. The fraction of sp³-hybridized carbons (Fsp3) is 0.0667. The Hall–Kier alpha value is -2.40. The van der Waals surface area contributed by atoms with E-state index >= 15 is 0 Å². The highest BCUT2D eigenvalue weighted by Crippen LogP contribution is 2.25. The predicted octanol–water partition coefficient (Wildman–Crippen LogP) is 3.47. The average Bonchev–Trinajstić information content (AvgIpc) is 2.39. The Kier molecular flexibility index (Phi) is 2.91. The molecule has 0 saturated heterocycles. The zero-order chi connectivity index (χ0) is 14.3. The molecule has 0 unspecified atom stereocenters. The predicted molar refractivity (Wildman–Crippen MR) is 80.0 cm³/mol. The number of hydrogen-bond acceptors (Lipinski definition) is 4. The first kappa shape index (κ1) is 12.6. The number of aromatic nitrogens is 2. The fourth-order valence-electron chi connectivity index (χ4n) is 2.22. The van der Waals surface area contributed by atoms with Crippen LogP contribution in [0.15, 0.2) is 42.7 Å². The molecule has 2 N–H and O–H groups in total. The van der Waals surface area contributed by atoms with Crippen LogP contribution in [0.25, 0.3) is 16.6 Å². The SMILES string of the molecule is Cc1cc(O)cc2ncn(-c3ccc(O)cc3)c(=S)c12. The molecule has 1 aromatic heterocycles. The lowest BCUT2D eigenvalue weighted by Crippen LogP contribution is -2.00. The molecule has 2 aromatic carbocycles. The van der Waals surface area contributed by atoms with Crippen LogP contribution in [0.4, 0.5) is 0 Å². The number of nitrogens with zero attached hydrogens (tertiary/aromatic N) is 2.